The van der Waals surface area contributed by atoms with Crippen LogP contribution in [0, 0.1) is 0 Å². The fraction of sp³-hybridized carbons (Fsp3) is 0.480. The van der Waals surface area contributed by atoms with Crippen LogP contribution < -0.4 is 20.4 Å². The van der Waals surface area contributed by atoms with Gasteiger partial charge in [-0.2, -0.15) is 10.1 Å². The van der Waals surface area contributed by atoms with Crippen molar-refractivity contribution >= 4 is 46.4 Å². The van der Waals surface area contributed by atoms with Gasteiger partial charge in [0.15, 0.2) is 5.65 Å². The number of hydrogen-bond donors (Lipinski definition) is 3. The van der Waals surface area contributed by atoms with Crippen molar-refractivity contribution < 1.29 is 14.3 Å². The first-order valence-corrected chi connectivity index (χ1v) is 13.2. The molecule has 0 radical (unpaired) electrons. The summed E-state index contributed by atoms with van der Waals surface area (Å²) < 4.78 is 7.52. The summed E-state index contributed by atoms with van der Waals surface area (Å²) >= 11 is 5.66. The van der Waals surface area contributed by atoms with E-state index in [0.29, 0.717) is 51.0 Å². The number of halogens is 1. The number of nitrogens with zero attached hydrogens (tertiary/aromatic N) is 6. The molecule has 1 atom stereocenters. The van der Waals surface area contributed by atoms with Gasteiger partial charge in [-0.05, 0) is 43.7 Å². The van der Waals surface area contributed by atoms with Crippen LogP contribution in [0.2, 0.25) is 0 Å². The van der Waals surface area contributed by atoms with Crippen molar-refractivity contribution in [1.29, 1.82) is 0 Å². The topological polar surface area (TPSA) is 130 Å². The molecule has 38 heavy (non-hydrogen) atoms. The summed E-state index contributed by atoms with van der Waals surface area (Å²) in [6.45, 7) is 5.68. The molecule has 202 valence electrons. The fourth-order valence-corrected chi connectivity index (χ4v) is 4.96. The van der Waals surface area contributed by atoms with E-state index in [1.54, 1.807) is 14.0 Å². The number of morpholine rings is 1. The van der Waals surface area contributed by atoms with Crippen molar-refractivity contribution in [1.82, 2.24) is 34.8 Å². The van der Waals surface area contributed by atoms with Gasteiger partial charge in [0.1, 0.15) is 0 Å². The number of aromatic nitrogens is 4. The van der Waals surface area contributed by atoms with E-state index >= 15 is 0 Å². The van der Waals surface area contributed by atoms with Crippen LogP contribution in [0.1, 0.15) is 25.8 Å². The summed E-state index contributed by atoms with van der Waals surface area (Å²) in [6, 6.07) is 6.96. The third kappa shape index (κ3) is 5.38. The van der Waals surface area contributed by atoms with Crippen molar-refractivity contribution in [3.63, 3.8) is 0 Å². The largest absolute Gasteiger partial charge is 0.378 e. The highest BCUT2D eigenvalue weighted by Gasteiger charge is 2.29. The number of anilines is 2. The average molecular weight is 542 g/mol. The second kappa shape index (κ2) is 11.5. The maximum absolute atomic E-state index is 12.5. The Morgan fingerprint density at radius 3 is 2.45 bits per heavy atom. The number of carbonyl (C=O) groups is 2. The van der Waals surface area contributed by atoms with Gasteiger partial charge in [-0.15, -0.1) is 0 Å². The molecule has 2 aliphatic rings. The van der Waals surface area contributed by atoms with Gasteiger partial charge in [0.05, 0.1) is 42.6 Å². The zero-order chi connectivity index (χ0) is 26.6. The first kappa shape index (κ1) is 26.1. The molecule has 2 fully saturated rings. The van der Waals surface area contributed by atoms with Crippen LogP contribution in [0.15, 0.2) is 30.5 Å². The predicted molar refractivity (Wildman–Crippen MR) is 145 cm³/mol. The van der Waals surface area contributed by atoms with Crippen LogP contribution in [0.4, 0.5) is 16.4 Å². The minimum absolute atomic E-state index is 0.00246. The highest BCUT2D eigenvalue weighted by atomic mass is 35.5. The van der Waals surface area contributed by atoms with Gasteiger partial charge in [0.2, 0.25) is 11.9 Å². The smallest absolute Gasteiger partial charge is 0.318 e. The molecular formula is C25H32ClN9O3. The van der Waals surface area contributed by atoms with E-state index < -0.39 is 6.04 Å². The summed E-state index contributed by atoms with van der Waals surface area (Å²) in [5.41, 5.74) is 3.13. The van der Waals surface area contributed by atoms with Gasteiger partial charge >= 0.3 is 6.03 Å². The number of nitrogens with one attached hydrogen (secondary N) is 3. The monoisotopic (exact) mass is 541 g/mol. The summed E-state index contributed by atoms with van der Waals surface area (Å²) in [7, 11) is 1.57. The number of fused-ring (bicyclic) bond motifs is 1. The molecule has 13 heteroatoms. The molecule has 0 spiro atoms. The van der Waals surface area contributed by atoms with Crippen LogP contribution in [-0.2, 0) is 9.53 Å². The molecule has 3 N–H and O–H groups in total. The minimum Gasteiger partial charge on any atom is -0.378 e. The number of rotatable bonds is 6. The van der Waals surface area contributed by atoms with E-state index in [1.165, 1.54) is 0 Å². The van der Waals surface area contributed by atoms with Crippen LogP contribution in [0.5, 0.6) is 0 Å². The highest BCUT2D eigenvalue weighted by molar-refractivity contribution is 6.15. The van der Waals surface area contributed by atoms with E-state index in [-0.39, 0.29) is 18.0 Å². The Morgan fingerprint density at radius 1 is 1.08 bits per heavy atom. The molecule has 3 aromatic rings. The molecule has 5 rings (SSSR count). The Morgan fingerprint density at radius 2 is 1.79 bits per heavy atom. The van der Waals surface area contributed by atoms with Gasteiger partial charge in [-0.3, -0.25) is 4.79 Å². The number of piperidine rings is 1. The highest BCUT2D eigenvalue weighted by Crippen LogP contribution is 2.32. The molecular weight excluding hydrogens is 510 g/mol. The molecule has 0 bridgehead atoms. The Bertz CT molecular complexity index is 1290. The van der Waals surface area contributed by atoms with Gasteiger partial charge in [-0.1, -0.05) is 12.1 Å². The van der Waals surface area contributed by atoms with Crippen LogP contribution in [0.25, 0.3) is 22.3 Å². The summed E-state index contributed by atoms with van der Waals surface area (Å²) in [5.74, 6) is 0.636. The summed E-state index contributed by atoms with van der Waals surface area (Å²) in [5, 5.41) is 10.9. The van der Waals surface area contributed by atoms with Gasteiger partial charge < -0.3 is 25.2 Å². The number of urea groups is 1. The maximum Gasteiger partial charge on any atom is 0.318 e. The second-order valence-electron chi connectivity index (χ2n) is 9.47. The third-order valence-electron chi connectivity index (χ3n) is 7.04. The molecule has 2 saturated heterocycles. The molecule has 3 amide bonds. The lowest BCUT2D eigenvalue weighted by Gasteiger charge is -2.33. The normalized spacial score (nSPS) is 17.4. The molecule has 12 nitrogen and oxygen atoms in total. The molecule has 0 saturated carbocycles. The Balaban J connectivity index is 1.47. The third-order valence-corrected chi connectivity index (χ3v) is 7.36. The first-order chi connectivity index (χ1) is 18.5. The van der Waals surface area contributed by atoms with Gasteiger partial charge in [0, 0.05) is 44.5 Å². The van der Waals surface area contributed by atoms with Crippen molar-refractivity contribution in [2.24, 2.45) is 0 Å². The van der Waals surface area contributed by atoms with Crippen molar-refractivity contribution in [2.45, 2.75) is 31.8 Å². The number of ether oxygens (including phenoxy) is 1. The molecule has 1 aromatic carbocycles. The van der Waals surface area contributed by atoms with E-state index in [9.17, 15) is 9.59 Å². The van der Waals surface area contributed by atoms with Crippen molar-refractivity contribution in [3.8, 4) is 11.3 Å². The lowest BCUT2D eigenvalue weighted by atomic mass is 10.0. The quantitative estimate of drug-likeness (QED) is 0.406. The van der Waals surface area contributed by atoms with Crippen LogP contribution >= 0.6 is 11.8 Å². The van der Waals surface area contributed by atoms with Crippen molar-refractivity contribution in [3.05, 3.63) is 30.5 Å². The number of benzene rings is 1. The van der Waals surface area contributed by atoms with Gasteiger partial charge in [-0.25, -0.2) is 19.3 Å². The molecule has 0 aliphatic carbocycles. The van der Waals surface area contributed by atoms with E-state index in [4.69, 9.17) is 31.6 Å². The molecule has 2 aromatic heterocycles. The van der Waals surface area contributed by atoms with Crippen LogP contribution in [-0.4, -0.2) is 89.1 Å². The number of likely N-dealkylation sites (tertiary alicyclic amines) is 1. The Kier molecular flexibility index (Phi) is 7.91. The number of carbonyl (C=O) groups excluding carboxylic acids is 2. The van der Waals surface area contributed by atoms with E-state index in [1.807, 2.05) is 40.0 Å². The minimum atomic E-state index is -0.428. The van der Waals surface area contributed by atoms with E-state index in [2.05, 4.69) is 20.4 Å². The molecule has 0 unspecified atom stereocenters. The Hall–Kier alpha value is -3.48. The standard InChI is InChI=1S/C25H32ClN9O3/c1-16(32-26)23(36)33-9-7-19(8-10-33)35-22-20(15-28-35)21(30-24(31-22)34-11-13-38-14-12-34)17-3-5-18(6-4-17)29-25(37)27-2/h3-6,15-16,19,32H,7-14H2,1-2H3,(H2,27,29,37)/t16-/m0/s1. The maximum atomic E-state index is 12.5. The zero-order valence-corrected chi connectivity index (χ0v) is 22.2. The van der Waals surface area contributed by atoms with Crippen LogP contribution in [0.3, 0.4) is 0 Å². The SMILES string of the molecule is CNC(=O)Nc1ccc(-c2nc(N3CCOCC3)nc3c2cnn3C2CCN(C(=O)[C@H](C)NCl)CC2)cc1. The number of amides is 3. The number of hydrogen-bond acceptors (Lipinski definition) is 8. The average Bonchev–Trinajstić information content (AvgIpc) is 3.41. The fourth-order valence-electron chi connectivity index (χ4n) is 4.86. The summed E-state index contributed by atoms with van der Waals surface area (Å²) in [6.07, 6.45) is 3.36. The van der Waals surface area contributed by atoms with Gasteiger partial charge in [0.25, 0.3) is 0 Å². The lowest BCUT2D eigenvalue weighted by Crippen LogP contribution is -2.46. The lowest BCUT2D eigenvalue weighted by molar-refractivity contribution is -0.133. The molecule has 2 aliphatic heterocycles. The Labute approximate surface area is 225 Å². The summed E-state index contributed by atoms with van der Waals surface area (Å²) in [4.78, 5) is 40.7. The first-order valence-electron chi connectivity index (χ1n) is 12.8. The zero-order valence-electron chi connectivity index (χ0n) is 21.5. The predicted octanol–water partition coefficient (Wildman–Crippen LogP) is 2.38. The molecule has 4 heterocycles. The van der Waals surface area contributed by atoms with Crippen molar-refractivity contribution in [2.75, 3.05) is 56.7 Å². The second-order valence-corrected chi connectivity index (χ2v) is 9.69. The van der Waals surface area contributed by atoms with E-state index in [0.717, 1.165) is 35.1 Å².